The van der Waals surface area contributed by atoms with Crippen molar-refractivity contribution in [3.8, 4) is 0 Å². The van der Waals surface area contributed by atoms with E-state index in [2.05, 4.69) is 11.8 Å². The number of benzene rings is 1. The molecule has 20 heavy (non-hydrogen) atoms. The van der Waals surface area contributed by atoms with Crippen LogP contribution in [0, 0.1) is 5.82 Å². The van der Waals surface area contributed by atoms with Crippen molar-refractivity contribution in [2.75, 3.05) is 24.6 Å². The number of hydrogen-bond acceptors (Lipinski definition) is 3. The SMILES string of the molecule is CCCOC1CCCN(c2cccc(F)c2[C@H](C)N)C1. The molecule has 2 atom stereocenters. The molecule has 4 heteroatoms. The van der Waals surface area contributed by atoms with Gasteiger partial charge in [-0.25, -0.2) is 4.39 Å². The minimum absolute atomic E-state index is 0.214. The van der Waals surface area contributed by atoms with Gasteiger partial charge in [0.15, 0.2) is 0 Å². The summed E-state index contributed by atoms with van der Waals surface area (Å²) in [5, 5.41) is 0. The summed E-state index contributed by atoms with van der Waals surface area (Å²) in [7, 11) is 0. The molecular weight excluding hydrogens is 255 g/mol. The maximum absolute atomic E-state index is 14.0. The largest absolute Gasteiger partial charge is 0.376 e. The fourth-order valence-electron chi connectivity index (χ4n) is 2.83. The van der Waals surface area contributed by atoms with Crippen molar-refractivity contribution in [2.45, 2.75) is 45.3 Å². The zero-order valence-electron chi connectivity index (χ0n) is 12.4. The molecule has 1 aliphatic rings. The molecule has 1 aromatic rings. The zero-order chi connectivity index (χ0) is 14.5. The van der Waals surface area contributed by atoms with Gasteiger partial charge in [0.1, 0.15) is 5.82 Å². The number of anilines is 1. The summed E-state index contributed by atoms with van der Waals surface area (Å²) in [5.41, 5.74) is 7.47. The number of piperidine rings is 1. The number of nitrogens with zero attached hydrogens (tertiary/aromatic N) is 1. The second kappa shape index (κ2) is 7.04. The first-order valence-corrected chi connectivity index (χ1v) is 7.54. The van der Waals surface area contributed by atoms with Crippen molar-refractivity contribution >= 4 is 5.69 Å². The lowest BCUT2D eigenvalue weighted by Crippen LogP contribution is -2.40. The van der Waals surface area contributed by atoms with E-state index < -0.39 is 0 Å². The number of halogens is 1. The highest BCUT2D eigenvalue weighted by Crippen LogP contribution is 2.30. The molecule has 1 aromatic carbocycles. The summed E-state index contributed by atoms with van der Waals surface area (Å²) in [6.07, 6.45) is 3.43. The van der Waals surface area contributed by atoms with Crippen LogP contribution in [0.15, 0.2) is 18.2 Å². The van der Waals surface area contributed by atoms with Crippen LogP contribution >= 0.6 is 0 Å². The second-order valence-electron chi connectivity index (χ2n) is 5.54. The van der Waals surface area contributed by atoms with E-state index in [1.54, 1.807) is 6.07 Å². The van der Waals surface area contributed by atoms with Crippen LogP contribution in [0.4, 0.5) is 10.1 Å². The average Bonchev–Trinajstić information content (AvgIpc) is 2.44. The van der Waals surface area contributed by atoms with E-state index >= 15 is 0 Å². The minimum atomic E-state index is -0.303. The summed E-state index contributed by atoms with van der Waals surface area (Å²) in [5.74, 6) is -0.214. The van der Waals surface area contributed by atoms with Gasteiger partial charge in [-0.05, 0) is 38.3 Å². The van der Waals surface area contributed by atoms with Gasteiger partial charge in [-0.3, -0.25) is 0 Å². The molecule has 0 aliphatic carbocycles. The summed E-state index contributed by atoms with van der Waals surface area (Å²) in [4.78, 5) is 2.21. The Labute approximate surface area is 120 Å². The summed E-state index contributed by atoms with van der Waals surface area (Å²) in [6, 6.07) is 4.90. The molecule has 0 saturated carbocycles. The lowest BCUT2D eigenvalue weighted by molar-refractivity contribution is 0.0440. The predicted octanol–water partition coefficient (Wildman–Crippen LogP) is 3.24. The molecule has 0 aromatic heterocycles. The summed E-state index contributed by atoms with van der Waals surface area (Å²) >= 11 is 0. The molecule has 2 rings (SSSR count). The Hall–Kier alpha value is -1.13. The van der Waals surface area contributed by atoms with Crippen LogP contribution in [0.5, 0.6) is 0 Å². The number of nitrogens with two attached hydrogens (primary N) is 1. The second-order valence-corrected chi connectivity index (χ2v) is 5.54. The highest BCUT2D eigenvalue weighted by Gasteiger charge is 2.24. The topological polar surface area (TPSA) is 38.5 Å². The first kappa shape index (κ1) is 15.3. The van der Waals surface area contributed by atoms with E-state index in [4.69, 9.17) is 10.5 Å². The van der Waals surface area contributed by atoms with Crippen LogP contribution < -0.4 is 10.6 Å². The Balaban J connectivity index is 2.16. The van der Waals surface area contributed by atoms with E-state index in [1.807, 2.05) is 13.0 Å². The van der Waals surface area contributed by atoms with Gasteiger partial charge < -0.3 is 15.4 Å². The Morgan fingerprint density at radius 2 is 2.30 bits per heavy atom. The van der Waals surface area contributed by atoms with E-state index in [-0.39, 0.29) is 18.0 Å². The fraction of sp³-hybridized carbons (Fsp3) is 0.625. The lowest BCUT2D eigenvalue weighted by atomic mass is 10.0. The molecule has 2 N–H and O–H groups in total. The standard InChI is InChI=1S/C16H25FN2O/c1-3-10-20-13-6-5-9-19(11-13)15-8-4-7-14(17)16(15)12(2)18/h4,7-8,12-13H,3,5-6,9-11,18H2,1-2H3/t12-,13?/m0/s1. The molecule has 112 valence electrons. The molecule has 0 amide bonds. The molecule has 1 saturated heterocycles. The molecule has 1 fully saturated rings. The number of hydrogen-bond donors (Lipinski definition) is 1. The van der Waals surface area contributed by atoms with Crippen molar-refractivity contribution in [3.63, 3.8) is 0 Å². The molecule has 0 radical (unpaired) electrons. The maximum atomic E-state index is 14.0. The monoisotopic (exact) mass is 280 g/mol. The first-order chi connectivity index (χ1) is 9.63. The molecular formula is C16H25FN2O. The van der Waals surface area contributed by atoms with Gasteiger partial charge in [0.05, 0.1) is 6.10 Å². The quantitative estimate of drug-likeness (QED) is 0.900. The van der Waals surface area contributed by atoms with Crippen molar-refractivity contribution < 1.29 is 9.13 Å². The number of ether oxygens (including phenoxy) is 1. The third kappa shape index (κ3) is 3.49. The van der Waals surface area contributed by atoms with Crippen molar-refractivity contribution in [3.05, 3.63) is 29.6 Å². The molecule has 1 heterocycles. The van der Waals surface area contributed by atoms with Gasteiger partial charge in [-0.2, -0.15) is 0 Å². The van der Waals surface area contributed by atoms with Crippen LogP contribution in [-0.2, 0) is 4.74 Å². The fourth-order valence-corrected chi connectivity index (χ4v) is 2.83. The van der Waals surface area contributed by atoms with E-state index in [9.17, 15) is 4.39 Å². The van der Waals surface area contributed by atoms with Crippen LogP contribution in [0.2, 0.25) is 0 Å². The summed E-state index contributed by atoms with van der Waals surface area (Å²) in [6.45, 7) is 6.50. The van der Waals surface area contributed by atoms with Gasteiger partial charge in [-0.15, -0.1) is 0 Å². The highest BCUT2D eigenvalue weighted by molar-refractivity contribution is 5.56. The van der Waals surface area contributed by atoms with Gasteiger partial charge in [0.25, 0.3) is 0 Å². The van der Waals surface area contributed by atoms with E-state index in [0.717, 1.165) is 44.6 Å². The number of rotatable bonds is 5. The Morgan fingerprint density at radius 3 is 3.00 bits per heavy atom. The van der Waals surface area contributed by atoms with E-state index in [1.165, 1.54) is 6.07 Å². The van der Waals surface area contributed by atoms with Crippen LogP contribution in [0.25, 0.3) is 0 Å². The highest BCUT2D eigenvalue weighted by atomic mass is 19.1. The van der Waals surface area contributed by atoms with Crippen molar-refractivity contribution in [2.24, 2.45) is 5.73 Å². The molecule has 1 unspecified atom stereocenters. The Morgan fingerprint density at radius 1 is 1.50 bits per heavy atom. The minimum Gasteiger partial charge on any atom is -0.376 e. The van der Waals surface area contributed by atoms with Gasteiger partial charge >= 0.3 is 0 Å². The Kier molecular flexibility index (Phi) is 5.38. The van der Waals surface area contributed by atoms with Crippen LogP contribution in [0.1, 0.15) is 44.7 Å². The molecule has 0 bridgehead atoms. The van der Waals surface area contributed by atoms with Crippen molar-refractivity contribution in [1.82, 2.24) is 0 Å². The smallest absolute Gasteiger partial charge is 0.130 e. The average molecular weight is 280 g/mol. The first-order valence-electron chi connectivity index (χ1n) is 7.54. The molecule has 1 aliphatic heterocycles. The zero-order valence-corrected chi connectivity index (χ0v) is 12.4. The predicted molar refractivity (Wildman–Crippen MR) is 80.5 cm³/mol. The normalized spacial score (nSPS) is 21.0. The van der Waals surface area contributed by atoms with Crippen LogP contribution in [-0.4, -0.2) is 25.8 Å². The van der Waals surface area contributed by atoms with Crippen LogP contribution in [0.3, 0.4) is 0 Å². The van der Waals surface area contributed by atoms with Gasteiger partial charge in [0, 0.05) is 37.0 Å². The van der Waals surface area contributed by atoms with Gasteiger partial charge in [-0.1, -0.05) is 13.0 Å². The third-order valence-electron chi connectivity index (χ3n) is 3.76. The molecule has 0 spiro atoms. The van der Waals surface area contributed by atoms with Crippen molar-refractivity contribution in [1.29, 1.82) is 0 Å². The third-order valence-corrected chi connectivity index (χ3v) is 3.76. The Bertz CT molecular complexity index is 436. The van der Waals surface area contributed by atoms with Gasteiger partial charge in [0.2, 0.25) is 0 Å². The molecule has 3 nitrogen and oxygen atoms in total. The summed E-state index contributed by atoms with van der Waals surface area (Å²) < 4.78 is 19.9. The van der Waals surface area contributed by atoms with E-state index in [0.29, 0.717) is 5.56 Å². The maximum Gasteiger partial charge on any atom is 0.130 e. The lowest BCUT2D eigenvalue weighted by Gasteiger charge is -2.36.